The van der Waals surface area contributed by atoms with Crippen molar-refractivity contribution in [3.05, 3.63) is 35.9 Å². The van der Waals surface area contributed by atoms with Crippen LogP contribution in [0.15, 0.2) is 30.3 Å². The van der Waals surface area contributed by atoms with Crippen molar-refractivity contribution in [1.82, 2.24) is 10.2 Å². The molecule has 0 aromatic heterocycles. The van der Waals surface area contributed by atoms with Gasteiger partial charge in [0.15, 0.2) is 0 Å². The van der Waals surface area contributed by atoms with Gasteiger partial charge in [0.25, 0.3) is 0 Å². The van der Waals surface area contributed by atoms with Gasteiger partial charge in [-0.3, -0.25) is 4.79 Å². The molecule has 0 spiro atoms. The summed E-state index contributed by atoms with van der Waals surface area (Å²) >= 11 is 0. The van der Waals surface area contributed by atoms with Crippen LogP contribution >= 0.6 is 0 Å². The highest BCUT2D eigenvalue weighted by atomic mass is 16.2. The van der Waals surface area contributed by atoms with Gasteiger partial charge in [0.1, 0.15) is 5.54 Å². The molecule has 1 fully saturated rings. The van der Waals surface area contributed by atoms with Crippen LogP contribution in [-0.2, 0) is 10.3 Å². The number of nitrogens with zero attached hydrogens (tertiary/aromatic N) is 1. The Morgan fingerprint density at radius 3 is 2.80 bits per heavy atom. The summed E-state index contributed by atoms with van der Waals surface area (Å²) in [6.07, 6.45) is 2.38. The Morgan fingerprint density at radius 2 is 2.15 bits per heavy atom. The van der Waals surface area contributed by atoms with E-state index in [9.17, 15) is 4.79 Å². The van der Waals surface area contributed by atoms with Crippen LogP contribution in [0.4, 0.5) is 0 Å². The second-order valence-corrected chi connectivity index (χ2v) is 6.05. The highest BCUT2D eigenvalue weighted by Crippen LogP contribution is 2.18. The van der Waals surface area contributed by atoms with E-state index in [0.717, 1.165) is 18.7 Å². The molecule has 4 heteroatoms. The second-order valence-electron chi connectivity index (χ2n) is 6.05. The van der Waals surface area contributed by atoms with Gasteiger partial charge in [-0.15, -0.1) is 0 Å². The summed E-state index contributed by atoms with van der Waals surface area (Å²) in [5.74, 6) is 0.432. The Bertz CT molecular complexity index is 444. The van der Waals surface area contributed by atoms with Gasteiger partial charge in [-0.2, -0.15) is 0 Å². The Labute approximate surface area is 121 Å². The Kier molecular flexibility index (Phi) is 4.78. The van der Waals surface area contributed by atoms with E-state index in [1.807, 2.05) is 30.3 Å². The summed E-state index contributed by atoms with van der Waals surface area (Å²) in [6.45, 7) is 4.68. The van der Waals surface area contributed by atoms with Crippen molar-refractivity contribution in [3.8, 4) is 0 Å². The smallest absolute Gasteiger partial charge is 0.244 e. The molecule has 1 saturated heterocycles. The minimum Gasteiger partial charge on any atom is -0.354 e. The molecule has 2 unspecified atom stereocenters. The molecule has 1 aromatic rings. The summed E-state index contributed by atoms with van der Waals surface area (Å²) in [5, 5.41) is 3.02. The van der Waals surface area contributed by atoms with E-state index in [4.69, 9.17) is 5.73 Å². The predicted octanol–water partition coefficient (Wildman–Crippen LogP) is 1.32. The normalized spacial score (nSPS) is 23.1. The maximum atomic E-state index is 12.3. The van der Waals surface area contributed by atoms with Gasteiger partial charge in [-0.25, -0.2) is 0 Å². The first-order valence-corrected chi connectivity index (χ1v) is 7.31. The third-order valence-corrected chi connectivity index (χ3v) is 4.12. The van der Waals surface area contributed by atoms with Crippen LogP contribution in [-0.4, -0.2) is 37.5 Å². The molecule has 3 N–H and O–H groups in total. The Hall–Kier alpha value is -1.39. The number of hydrogen-bond acceptors (Lipinski definition) is 3. The van der Waals surface area contributed by atoms with Crippen molar-refractivity contribution in [3.63, 3.8) is 0 Å². The lowest BCUT2D eigenvalue weighted by molar-refractivity contribution is -0.126. The predicted molar refractivity (Wildman–Crippen MR) is 81.2 cm³/mol. The molecule has 2 rings (SSSR count). The van der Waals surface area contributed by atoms with E-state index in [1.54, 1.807) is 6.92 Å². The fraction of sp³-hybridized carbons (Fsp3) is 0.562. The highest BCUT2D eigenvalue weighted by molar-refractivity contribution is 5.86. The molecule has 1 aromatic carbocycles. The first-order chi connectivity index (χ1) is 9.50. The van der Waals surface area contributed by atoms with E-state index in [-0.39, 0.29) is 5.91 Å². The lowest BCUT2D eigenvalue weighted by Gasteiger charge is -2.31. The summed E-state index contributed by atoms with van der Waals surface area (Å²) in [5.41, 5.74) is 6.08. The molecule has 2 atom stereocenters. The fourth-order valence-corrected chi connectivity index (χ4v) is 2.78. The van der Waals surface area contributed by atoms with Crippen molar-refractivity contribution in [2.24, 2.45) is 11.7 Å². The van der Waals surface area contributed by atoms with E-state index < -0.39 is 5.54 Å². The number of hydrogen-bond donors (Lipinski definition) is 2. The average molecular weight is 275 g/mol. The first-order valence-electron chi connectivity index (χ1n) is 7.31. The summed E-state index contributed by atoms with van der Waals surface area (Å²) < 4.78 is 0. The topological polar surface area (TPSA) is 58.4 Å². The number of rotatable bonds is 4. The number of amides is 1. The lowest BCUT2D eigenvalue weighted by atomic mass is 9.91. The van der Waals surface area contributed by atoms with Crippen molar-refractivity contribution in [1.29, 1.82) is 0 Å². The number of carbonyl (C=O) groups is 1. The molecule has 20 heavy (non-hydrogen) atoms. The Morgan fingerprint density at radius 1 is 1.45 bits per heavy atom. The van der Waals surface area contributed by atoms with Gasteiger partial charge in [0.2, 0.25) is 5.91 Å². The minimum absolute atomic E-state index is 0.100. The molecule has 1 amide bonds. The van der Waals surface area contributed by atoms with Gasteiger partial charge in [0, 0.05) is 13.1 Å². The molecule has 0 bridgehead atoms. The van der Waals surface area contributed by atoms with E-state index in [1.165, 1.54) is 12.8 Å². The maximum Gasteiger partial charge on any atom is 0.244 e. The number of carbonyl (C=O) groups excluding carboxylic acids is 1. The van der Waals surface area contributed by atoms with Crippen LogP contribution in [0.2, 0.25) is 0 Å². The third kappa shape index (κ3) is 3.58. The van der Waals surface area contributed by atoms with Crippen molar-refractivity contribution in [2.75, 3.05) is 26.7 Å². The number of nitrogens with two attached hydrogens (primary N) is 1. The van der Waals surface area contributed by atoms with Crippen LogP contribution in [0.5, 0.6) is 0 Å². The van der Waals surface area contributed by atoms with E-state index >= 15 is 0 Å². The van der Waals surface area contributed by atoms with Gasteiger partial charge in [-0.05, 0) is 44.8 Å². The lowest BCUT2D eigenvalue weighted by Crippen LogP contribution is -2.51. The summed E-state index contributed by atoms with van der Waals surface area (Å²) in [6, 6.07) is 9.53. The molecule has 110 valence electrons. The standard InChI is InChI=1S/C16H25N3O/c1-16(17,14-8-4-3-5-9-14)15(20)18-11-13-7-6-10-19(2)12-13/h3-5,8-9,13H,6-7,10-12,17H2,1-2H3,(H,18,20). The number of piperidine rings is 1. The second kappa shape index (κ2) is 6.37. The van der Waals surface area contributed by atoms with Gasteiger partial charge in [-0.1, -0.05) is 30.3 Å². The summed E-state index contributed by atoms with van der Waals surface area (Å²) in [7, 11) is 2.13. The molecule has 0 aliphatic carbocycles. The molecule has 1 heterocycles. The zero-order valence-electron chi connectivity index (χ0n) is 12.4. The van der Waals surface area contributed by atoms with Crippen molar-refractivity contribution in [2.45, 2.75) is 25.3 Å². The van der Waals surface area contributed by atoms with E-state index in [0.29, 0.717) is 12.5 Å². The third-order valence-electron chi connectivity index (χ3n) is 4.12. The minimum atomic E-state index is -0.970. The van der Waals surface area contributed by atoms with Gasteiger partial charge >= 0.3 is 0 Å². The number of nitrogens with one attached hydrogen (secondary N) is 1. The van der Waals surface area contributed by atoms with Crippen LogP contribution < -0.4 is 11.1 Å². The van der Waals surface area contributed by atoms with Crippen LogP contribution in [0.1, 0.15) is 25.3 Å². The van der Waals surface area contributed by atoms with E-state index in [2.05, 4.69) is 17.3 Å². The fourth-order valence-electron chi connectivity index (χ4n) is 2.78. The maximum absolute atomic E-state index is 12.3. The SMILES string of the molecule is CN1CCCC(CNC(=O)C(C)(N)c2ccccc2)C1. The van der Waals surface area contributed by atoms with Gasteiger partial charge in [0.05, 0.1) is 0 Å². The molecule has 0 saturated carbocycles. The van der Waals surface area contributed by atoms with Crippen molar-refractivity contribution < 1.29 is 4.79 Å². The Balaban J connectivity index is 1.91. The van der Waals surface area contributed by atoms with Crippen LogP contribution in [0.3, 0.4) is 0 Å². The largest absolute Gasteiger partial charge is 0.354 e. The molecular weight excluding hydrogens is 250 g/mol. The zero-order valence-corrected chi connectivity index (χ0v) is 12.4. The van der Waals surface area contributed by atoms with Gasteiger partial charge < -0.3 is 16.0 Å². The summed E-state index contributed by atoms with van der Waals surface area (Å²) in [4.78, 5) is 14.7. The monoisotopic (exact) mass is 275 g/mol. The average Bonchev–Trinajstić information content (AvgIpc) is 2.45. The highest BCUT2D eigenvalue weighted by Gasteiger charge is 2.30. The van der Waals surface area contributed by atoms with Crippen LogP contribution in [0.25, 0.3) is 0 Å². The first kappa shape index (κ1) is 15.0. The number of benzene rings is 1. The quantitative estimate of drug-likeness (QED) is 0.871. The van der Waals surface area contributed by atoms with Crippen LogP contribution in [0, 0.1) is 5.92 Å². The molecule has 1 aliphatic heterocycles. The molecule has 4 nitrogen and oxygen atoms in total. The molecule has 0 radical (unpaired) electrons. The molecular formula is C16H25N3O. The number of likely N-dealkylation sites (tertiary alicyclic amines) is 1. The zero-order chi connectivity index (χ0) is 14.6. The van der Waals surface area contributed by atoms with Crippen molar-refractivity contribution >= 4 is 5.91 Å². The molecule has 1 aliphatic rings.